The summed E-state index contributed by atoms with van der Waals surface area (Å²) in [6.07, 6.45) is 6.86. The Morgan fingerprint density at radius 3 is 2.25 bits per heavy atom. The Kier molecular flexibility index (Phi) is 9.28. The predicted octanol–water partition coefficient (Wildman–Crippen LogP) is 8.59. The first-order chi connectivity index (χ1) is 25.7. The number of likely N-dealkylation sites (tertiary alicyclic amines) is 2. The number of benzene rings is 4. The fourth-order valence-corrected chi connectivity index (χ4v) is 7.64. The summed E-state index contributed by atoms with van der Waals surface area (Å²) in [5.41, 5.74) is 6.76. The number of nitrogens with one attached hydrogen (secondary N) is 3. The van der Waals surface area contributed by atoms with Crippen LogP contribution in [0.2, 0.25) is 0 Å². The van der Waals surface area contributed by atoms with Gasteiger partial charge in [-0.05, 0) is 97.2 Å². The summed E-state index contributed by atoms with van der Waals surface area (Å²) in [4.78, 5) is 37.6. The van der Waals surface area contributed by atoms with E-state index in [2.05, 4.69) is 81.3 Å². The van der Waals surface area contributed by atoms with Crippen molar-refractivity contribution >= 4 is 28.7 Å². The highest BCUT2D eigenvalue weighted by molar-refractivity contribution is 5.90. The molecule has 1 aromatic heterocycles. The van der Waals surface area contributed by atoms with E-state index < -0.39 is 5.60 Å². The van der Waals surface area contributed by atoms with Crippen LogP contribution in [-0.4, -0.2) is 62.9 Å². The van der Waals surface area contributed by atoms with Gasteiger partial charge < -0.3 is 30.0 Å². The lowest BCUT2D eigenvalue weighted by Crippen LogP contribution is -2.52. The minimum Gasteiger partial charge on any atom is -0.445 e. The molecule has 3 aliphatic heterocycles. The minimum absolute atomic E-state index is 0.0158. The second-order valence-corrected chi connectivity index (χ2v) is 15.2. The molecule has 2 amide bonds. The van der Waals surface area contributed by atoms with Crippen molar-refractivity contribution in [1.29, 1.82) is 0 Å². The average molecular weight is 711 g/mol. The molecule has 1 unspecified atom stereocenters. The molecule has 0 saturated carbocycles. The van der Waals surface area contributed by atoms with Crippen molar-refractivity contribution in [3.8, 4) is 22.4 Å². The normalized spacial score (nSPS) is 19.9. The van der Waals surface area contributed by atoms with Gasteiger partial charge in [-0.1, -0.05) is 78.9 Å². The SMILES string of the molecule is CC(C)(C)OC(=O)N1CCC[C@H]1C1NC=C(c2ccc3cc(-c4ccc(-c5cnc([C@@H]6CCCN6C(=O)OCc6ccccc6)[nH]5)cc4)ccc3c2)N1. The third kappa shape index (κ3) is 7.44. The van der Waals surface area contributed by atoms with Crippen LogP contribution in [0.3, 0.4) is 0 Å². The zero-order chi connectivity index (χ0) is 36.5. The molecule has 4 aromatic carbocycles. The monoisotopic (exact) mass is 710 g/mol. The van der Waals surface area contributed by atoms with Gasteiger partial charge in [0.25, 0.3) is 0 Å². The number of aromatic nitrogens is 2. The van der Waals surface area contributed by atoms with E-state index >= 15 is 0 Å². The summed E-state index contributed by atoms with van der Waals surface area (Å²) in [6.45, 7) is 7.32. The Hall–Kier alpha value is -5.77. The molecule has 4 heterocycles. The number of fused-ring (bicyclic) bond motifs is 1. The van der Waals surface area contributed by atoms with E-state index in [1.54, 1.807) is 4.90 Å². The number of hydrogen-bond acceptors (Lipinski definition) is 7. The molecule has 5 aromatic rings. The van der Waals surface area contributed by atoms with E-state index in [0.29, 0.717) is 13.1 Å². The molecule has 0 aliphatic carbocycles. The third-order valence-corrected chi connectivity index (χ3v) is 10.3. The first-order valence-electron chi connectivity index (χ1n) is 18.6. The van der Waals surface area contributed by atoms with Crippen LogP contribution in [0.15, 0.2) is 103 Å². The van der Waals surface area contributed by atoms with Crippen LogP contribution in [0.5, 0.6) is 0 Å². The van der Waals surface area contributed by atoms with E-state index in [1.807, 2.05) is 68.4 Å². The zero-order valence-electron chi connectivity index (χ0n) is 30.5. The molecule has 3 atom stereocenters. The van der Waals surface area contributed by atoms with Gasteiger partial charge >= 0.3 is 12.2 Å². The van der Waals surface area contributed by atoms with Crippen molar-refractivity contribution in [3.63, 3.8) is 0 Å². The highest BCUT2D eigenvalue weighted by Gasteiger charge is 2.38. The number of hydrogen-bond donors (Lipinski definition) is 3. The molecule has 8 rings (SSSR count). The van der Waals surface area contributed by atoms with E-state index in [4.69, 9.17) is 9.47 Å². The van der Waals surface area contributed by atoms with Gasteiger partial charge in [0.05, 0.1) is 29.7 Å². The molecule has 0 spiro atoms. The standard InChI is InChI=1S/C43H46N6O4/c1-43(2,3)53-42(51)49-22-8-12-38(49)40-45-26-36(47-40)34-20-19-32-23-31(17-18-33(32)24-34)29-13-15-30(16-14-29)35-25-44-39(46-35)37-11-7-21-48(37)41(50)52-27-28-9-5-4-6-10-28/h4-6,9-10,13-20,23-26,37-38,40,45,47H,7-8,11-12,21-22,27H2,1-3H3,(H,44,46)/t37-,38-,40?/m0/s1. The molecule has 2 saturated heterocycles. The topological polar surface area (TPSA) is 112 Å². The number of carbonyl (C=O) groups excluding carboxylic acids is 2. The van der Waals surface area contributed by atoms with Crippen LogP contribution in [0.1, 0.15) is 69.4 Å². The summed E-state index contributed by atoms with van der Waals surface area (Å²) in [7, 11) is 0. The number of aromatic amines is 1. The molecule has 3 N–H and O–H groups in total. The van der Waals surface area contributed by atoms with Crippen LogP contribution >= 0.6 is 0 Å². The number of carbonyl (C=O) groups is 2. The summed E-state index contributed by atoms with van der Waals surface area (Å²) >= 11 is 0. The molecule has 3 aliphatic rings. The van der Waals surface area contributed by atoms with Gasteiger partial charge in [0.15, 0.2) is 0 Å². The molecule has 272 valence electrons. The molecule has 0 bridgehead atoms. The maximum absolute atomic E-state index is 13.0. The quantitative estimate of drug-likeness (QED) is 0.155. The van der Waals surface area contributed by atoms with Gasteiger partial charge in [0.1, 0.15) is 24.2 Å². The Bertz CT molecular complexity index is 2140. The van der Waals surface area contributed by atoms with Gasteiger partial charge in [-0.3, -0.25) is 4.90 Å². The molecular weight excluding hydrogens is 665 g/mol. The Morgan fingerprint density at radius 2 is 1.47 bits per heavy atom. The first-order valence-corrected chi connectivity index (χ1v) is 18.6. The maximum Gasteiger partial charge on any atom is 0.410 e. The van der Waals surface area contributed by atoms with Crippen LogP contribution in [0.25, 0.3) is 38.9 Å². The average Bonchev–Trinajstić information content (AvgIpc) is 4.00. The van der Waals surface area contributed by atoms with Crippen molar-refractivity contribution in [2.75, 3.05) is 13.1 Å². The summed E-state index contributed by atoms with van der Waals surface area (Å²) in [6, 6.07) is 31.2. The first kappa shape index (κ1) is 34.3. The lowest BCUT2D eigenvalue weighted by molar-refractivity contribution is 0.0196. The Labute approximate surface area is 310 Å². The number of imidazole rings is 1. The molecule has 2 fully saturated rings. The van der Waals surface area contributed by atoms with E-state index in [1.165, 1.54) is 0 Å². The van der Waals surface area contributed by atoms with Crippen LogP contribution in [0, 0.1) is 0 Å². The van der Waals surface area contributed by atoms with Gasteiger partial charge in [0, 0.05) is 19.3 Å². The van der Waals surface area contributed by atoms with Gasteiger partial charge in [-0.15, -0.1) is 0 Å². The molecular formula is C43H46N6O4. The van der Waals surface area contributed by atoms with Gasteiger partial charge in [0.2, 0.25) is 0 Å². The third-order valence-electron chi connectivity index (χ3n) is 10.3. The zero-order valence-corrected chi connectivity index (χ0v) is 30.5. The van der Waals surface area contributed by atoms with Gasteiger partial charge in [-0.25, -0.2) is 14.6 Å². The van der Waals surface area contributed by atoms with E-state index in [-0.39, 0.29) is 37.0 Å². The lowest BCUT2D eigenvalue weighted by Gasteiger charge is -2.32. The van der Waals surface area contributed by atoms with Crippen molar-refractivity contribution in [1.82, 2.24) is 30.4 Å². The van der Waals surface area contributed by atoms with E-state index in [0.717, 1.165) is 81.5 Å². The number of nitrogens with zero attached hydrogens (tertiary/aromatic N) is 3. The maximum atomic E-state index is 13.0. The highest BCUT2D eigenvalue weighted by atomic mass is 16.6. The van der Waals surface area contributed by atoms with Gasteiger partial charge in [-0.2, -0.15) is 0 Å². The fraction of sp³-hybridized carbons (Fsp3) is 0.326. The summed E-state index contributed by atoms with van der Waals surface area (Å²) in [5, 5.41) is 9.41. The van der Waals surface area contributed by atoms with Crippen LogP contribution < -0.4 is 10.6 Å². The van der Waals surface area contributed by atoms with Crippen molar-refractivity contribution in [3.05, 3.63) is 120 Å². The summed E-state index contributed by atoms with van der Waals surface area (Å²) in [5.74, 6) is 0.781. The van der Waals surface area contributed by atoms with Crippen LogP contribution in [-0.2, 0) is 16.1 Å². The number of amides is 2. The molecule has 53 heavy (non-hydrogen) atoms. The predicted molar refractivity (Wildman–Crippen MR) is 206 cm³/mol. The molecule has 0 radical (unpaired) electrons. The lowest BCUT2D eigenvalue weighted by atomic mass is 9.98. The summed E-state index contributed by atoms with van der Waals surface area (Å²) < 4.78 is 11.3. The fourth-order valence-electron chi connectivity index (χ4n) is 7.64. The van der Waals surface area contributed by atoms with E-state index in [9.17, 15) is 9.59 Å². The Morgan fingerprint density at radius 1 is 0.792 bits per heavy atom. The second kappa shape index (κ2) is 14.3. The van der Waals surface area contributed by atoms with Crippen LogP contribution in [0.4, 0.5) is 9.59 Å². The highest BCUT2D eigenvalue weighted by Crippen LogP contribution is 2.34. The Balaban J connectivity index is 0.902. The number of rotatable bonds is 7. The molecule has 10 heteroatoms. The second-order valence-electron chi connectivity index (χ2n) is 15.2. The number of ether oxygens (including phenoxy) is 2. The number of H-pyrrole nitrogens is 1. The largest absolute Gasteiger partial charge is 0.445 e. The molecule has 10 nitrogen and oxygen atoms in total. The van der Waals surface area contributed by atoms with Crippen molar-refractivity contribution in [2.45, 2.75) is 76.9 Å². The minimum atomic E-state index is -0.522. The van der Waals surface area contributed by atoms with Crippen molar-refractivity contribution < 1.29 is 19.1 Å². The smallest absolute Gasteiger partial charge is 0.410 e. The van der Waals surface area contributed by atoms with Crippen molar-refractivity contribution in [2.24, 2.45) is 0 Å².